The Morgan fingerprint density at radius 1 is 1.10 bits per heavy atom. The summed E-state index contributed by atoms with van der Waals surface area (Å²) in [4.78, 5) is 25.1. The Morgan fingerprint density at radius 3 is 2.69 bits per heavy atom. The molecule has 1 amide bonds. The molecule has 0 aliphatic carbocycles. The van der Waals surface area contributed by atoms with E-state index in [9.17, 15) is 4.79 Å². The monoisotopic (exact) mass is 406 g/mol. The number of hydrogen-bond acceptors (Lipinski definition) is 5. The van der Waals surface area contributed by atoms with E-state index in [-0.39, 0.29) is 11.5 Å². The van der Waals surface area contributed by atoms with Crippen LogP contribution in [0.25, 0.3) is 11.0 Å². The Hall–Kier alpha value is -3.45. The molecule has 146 valence electrons. The van der Waals surface area contributed by atoms with E-state index in [1.165, 1.54) is 18.0 Å². The number of hydrogen-bond donors (Lipinski definition) is 2. The molecule has 3 N–H and O–H groups in total. The van der Waals surface area contributed by atoms with Gasteiger partial charge in [0.1, 0.15) is 0 Å². The quantitative estimate of drug-likeness (QED) is 0.505. The van der Waals surface area contributed by atoms with Crippen LogP contribution in [0.15, 0.2) is 60.9 Å². The van der Waals surface area contributed by atoms with Crippen LogP contribution >= 0.6 is 11.6 Å². The number of nitrogens with one attached hydrogen (secondary N) is 1. The number of anilines is 2. The van der Waals surface area contributed by atoms with Crippen LogP contribution < -0.4 is 11.1 Å². The minimum atomic E-state index is -0.457. The van der Waals surface area contributed by atoms with Gasteiger partial charge in [0.2, 0.25) is 5.95 Å². The van der Waals surface area contributed by atoms with Crippen LogP contribution in [-0.4, -0.2) is 25.4 Å². The van der Waals surface area contributed by atoms with Gasteiger partial charge in [-0.25, -0.2) is 15.0 Å². The lowest BCUT2D eigenvalue weighted by molar-refractivity contribution is 0.102. The predicted octanol–water partition coefficient (Wildman–Crippen LogP) is 3.95. The van der Waals surface area contributed by atoms with Gasteiger partial charge in [0.25, 0.3) is 5.91 Å². The summed E-state index contributed by atoms with van der Waals surface area (Å²) in [6.45, 7) is 0.679. The first-order valence-electron chi connectivity index (χ1n) is 9.19. The van der Waals surface area contributed by atoms with E-state index in [0.29, 0.717) is 23.0 Å². The van der Waals surface area contributed by atoms with E-state index in [0.717, 1.165) is 18.4 Å². The standard InChI is InChI=1S/C21H19ClN6O/c22-15-8-9-17-16(13-15)26-21(27-20(29)18-19(23)25-11-10-24-18)28(17)12-4-7-14-5-2-1-3-6-14/h1-3,5-6,8-11,13H,4,7,12H2,(H2,23,25)(H,26,27,29). The Balaban J connectivity index is 1.61. The van der Waals surface area contributed by atoms with Crippen LogP contribution in [0.1, 0.15) is 22.5 Å². The van der Waals surface area contributed by atoms with Gasteiger partial charge in [0.05, 0.1) is 11.0 Å². The highest BCUT2D eigenvalue weighted by Crippen LogP contribution is 2.24. The van der Waals surface area contributed by atoms with Gasteiger partial charge in [-0.3, -0.25) is 10.1 Å². The summed E-state index contributed by atoms with van der Waals surface area (Å²) in [6, 6.07) is 15.8. The van der Waals surface area contributed by atoms with E-state index in [2.05, 4.69) is 32.4 Å². The van der Waals surface area contributed by atoms with Crippen molar-refractivity contribution in [1.29, 1.82) is 0 Å². The molecular weight excluding hydrogens is 388 g/mol. The molecule has 0 saturated heterocycles. The molecule has 0 aliphatic rings. The molecule has 0 radical (unpaired) electrons. The number of imidazole rings is 1. The summed E-state index contributed by atoms with van der Waals surface area (Å²) < 4.78 is 1.97. The first kappa shape index (κ1) is 18.9. The molecule has 4 rings (SSSR count). The summed E-state index contributed by atoms with van der Waals surface area (Å²) in [7, 11) is 0. The lowest BCUT2D eigenvalue weighted by Crippen LogP contribution is -2.19. The largest absolute Gasteiger partial charge is 0.382 e. The van der Waals surface area contributed by atoms with Crippen molar-refractivity contribution in [2.24, 2.45) is 0 Å². The first-order chi connectivity index (χ1) is 14.1. The fourth-order valence-electron chi connectivity index (χ4n) is 3.20. The maximum atomic E-state index is 12.7. The lowest BCUT2D eigenvalue weighted by Gasteiger charge is -2.10. The van der Waals surface area contributed by atoms with Crippen molar-refractivity contribution in [3.63, 3.8) is 0 Å². The molecule has 0 fully saturated rings. The molecule has 7 nitrogen and oxygen atoms in total. The Labute approximate surface area is 172 Å². The maximum Gasteiger partial charge on any atom is 0.280 e. The molecular formula is C21H19ClN6O. The Bertz CT molecular complexity index is 1160. The van der Waals surface area contributed by atoms with Crippen LogP contribution in [0, 0.1) is 0 Å². The molecule has 2 aromatic carbocycles. The zero-order chi connectivity index (χ0) is 20.2. The minimum Gasteiger partial charge on any atom is -0.382 e. The summed E-state index contributed by atoms with van der Waals surface area (Å²) in [5.41, 5.74) is 8.70. The number of amides is 1. The summed E-state index contributed by atoms with van der Waals surface area (Å²) in [5.74, 6) is 0.0338. The van der Waals surface area contributed by atoms with Gasteiger partial charge in [-0.1, -0.05) is 41.9 Å². The van der Waals surface area contributed by atoms with Crippen LogP contribution in [0.5, 0.6) is 0 Å². The molecule has 8 heteroatoms. The average molecular weight is 407 g/mol. The number of aromatic nitrogens is 4. The zero-order valence-corrected chi connectivity index (χ0v) is 16.3. The van der Waals surface area contributed by atoms with Crippen molar-refractivity contribution in [2.45, 2.75) is 19.4 Å². The van der Waals surface area contributed by atoms with Gasteiger partial charge < -0.3 is 10.3 Å². The molecule has 0 bridgehead atoms. The molecule has 29 heavy (non-hydrogen) atoms. The van der Waals surface area contributed by atoms with Crippen LogP contribution in [0.3, 0.4) is 0 Å². The van der Waals surface area contributed by atoms with Crippen molar-refractivity contribution in [2.75, 3.05) is 11.1 Å². The third-order valence-electron chi connectivity index (χ3n) is 4.57. The van der Waals surface area contributed by atoms with E-state index in [1.54, 1.807) is 6.07 Å². The second kappa shape index (κ2) is 8.28. The van der Waals surface area contributed by atoms with Crippen molar-refractivity contribution < 1.29 is 4.79 Å². The van der Waals surface area contributed by atoms with Gasteiger partial charge in [-0.2, -0.15) is 0 Å². The van der Waals surface area contributed by atoms with Crippen LogP contribution in [0.4, 0.5) is 11.8 Å². The fourth-order valence-corrected chi connectivity index (χ4v) is 3.36. The topological polar surface area (TPSA) is 98.7 Å². The summed E-state index contributed by atoms with van der Waals surface area (Å²) in [6.07, 6.45) is 4.66. The second-order valence-corrected chi connectivity index (χ2v) is 6.99. The minimum absolute atomic E-state index is 0.0634. The number of aryl methyl sites for hydroxylation is 2. The molecule has 0 unspecified atom stereocenters. The number of fused-ring (bicyclic) bond motifs is 1. The van der Waals surface area contributed by atoms with E-state index in [1.807, 2.05) is 34.9 Å². The van der Waals surface area contributed by atoms with Crippen LogP contribution in [-0.2, 0) is 13.0 Å². The summed E-state index contributed by atoms with van der Waals surface area (Å²) in [5, 5.41) is 3.40. The van der Waals surface area contributed by atoms with Gasteiger partial charge >= 0.3 is 0 Å². The SMILES string of the molecule is Nc1nccnc1C(=O)Nc1nc2cc(Cl)ccc2n1CCCc1ccccc1. The van der Waals surface area contributed by atoms with Gasteiger partial charge in [0, 0.05) is 24.0 Å². The smallest absolute Gasteiger partial charge is 0.280 e. The van der Waals surface area contributed by atoms with Gasteiger partial charge in [-0.05, 0) is 36.6 Å². The fraction of sp³-hybridized carbons (Fsp3) is 0.143. The normalized spacial score (nSPS) is 10.9. The summed E-state index contributed by atoms with van der Waals surface area (Å²) >= 11 is 6.12. The highest BCUT2D eigenvalue weighted by molar-refractivity contribution is 6.31. The molecule has 0 saturated carbocycles. The average Bonchev–Trinajstić information content (AvgIpc) is 3.05. The van der Waals surface area contributed by atoms with E-state index in [4.69, 9.17) is 17.3 Å². The van der Waals surface area contributed by atoms with Gasteiger partial charge in [0.15, 0.2) is 11.5 Å². The number of nitrogen functional groups attached to an aromatic ring is 1. The van der Waals surface area contributed by atoms with Crippen molar-refractivity contribution in [1.82, 2.24) is 19.5 Å². The van der Waals surface area contributed by atoms with Crippen molar-refractivity contribution in [3.8, 4) is 0 Å². The number of rotatable bonds is 6. The van der Waals surface area contributed by atoms with Gasteiger partial charge in [-0.15, -0.1) is 0 Å². The number of carbonyl (C=O) groups excluding carboxylic acids is 1. The Morgan fingerprint density at radius 2 is 1.90 bits per heavy atom. The maximum absolute atomic E-state index is 12.7. The third kappa shape index (κ3) is 4.20. The number of nitrogens with zero attached hydrogens (tertiary/aromatic N) is 4. The molecule has 4 aromatic rings. The third-order valence-corrected chi connectivity index (χ3v) is 4.80. The highest BCUT2D eigenvalue weighted by Gasteiger charge is 2.17. The first-order valence-corrected chi connectivity index (χ1v) is 9.57. The Kier molecular flexibility index (Phi) is 5.39. The number of halogens is 1. The van der Waals surface area contributed by atoms with Crippen LogP contribution in [0.2, 0.25) is 5.02 Å². The lowest BCUT2D eigenvalue weighted by atomic mass is 10.1. The second-order valence-electron chi connectivity index (χ2n) is 6.55. The molecule has 0 aliphatic heterocycles. The number of carbonyl (C=O) groups is 1. The predicted molar refractivity (Wildman–Crippen MR) is 114 cm³/mol. The van der Waals surface area contributed by atoms with E-state index < -0.39 is 5.91 Å². The zero-order valence-electron chi connectivity index (χ0n) is 15.5. The molecule has 0 atom stereocenters. The number of benzene rings is 2. The molecule has 2 heterocycles. The highest BCUT2D eigenvalue weighted by atomic mass is 35.5. The van der Waals surface area contributed by atoms with E-state index >= 15 is 0 Å². The van der Waals surface area contributed by atoms with Crippen molar-refractivity contribution >= 4 is 40.3 Å². The molecule has 2 aromatic heterocycles. The number of nitrogens with two attached hydrogens (primary N) is 1. The van der Waals surface area contributed by atoms with Crippen molar-refractivity contribution in [3.05, 3.63) is 77.2 Å². The molecule has 0 spiro atoms.